The van der Waals surface area contributed by atoms with Crippen molar-refractivity contribution in [2.75, 3.05) is 10.8 Å². The minimum absolute atomic E-state index is 0.109. The predicted octanol–water partition coefficient (Wildman–Crippen LogP) is 6.81. The van der Waals surface area contributed by atoms with Gasteiger partial charge in [0.05, 0.1) is 27.1 Å². The second-order valence-electron chi connectivity index (χ2n) is 9.09. The number of carbonyl (C=O) groups excluding carboxylic acids is 1. The van der Waals surface area contributed by atoms with E-state index in [0.717, 1.165) is 11.1 Å². The summed E-state index contributed by atoms with van der Waals surface area (Å²) in [5.74, 6) is 2.59. The Morgan fingerprint density at radius 1 is 0.975 bits per heavy atom. The third-order valence-corrected chi connectivity index (χ3v) is 9.03. The zero-order chi connectivity index (χ0) is 28.3. The maximum atomic E-state index is 13.8. The van der Waals surface area contributed by atoms with Gasteiger partial charge in [-0.2, -0.15) is 0 Å². The summed E-state index contributed by atoms with van der Waals surface area (Å²) in [6, 6.07) is 28.3. The summed E-state index contributed by atoms with van der Waals surface area (Å²) >= 11 is 3.66. The smallest absolute Gasteiger partial charge is 0.265 e. The molecule has 0 aliphatic rings. The van der Waals surface area contributed by atoms with Gasteiger partial charge in [-0.15, -0.1) is 6.42 Å². The number of ether oxygens (including phenoxy) is 1. The molecule has 4 aromatic carbocycles. The highest BCUT2D eigenvalue weighted by atomic mass is 79.9. The van der Waals surface area contributed by atoms with Gasteiger partial charge in [0, 0.05) is 23.2 Å². The van der Waals surface area contributed by atoms with E-state index in [1.165, 1.54) is 16.4 Å². The Kier molecular flexibility index (Phi) is 7.78. The third-order valence-electron chi connectivity index (χ3n) is 6.45. The number of anilines is 1. The van der Waals surface area contributed by atoms with Crippen LogP contribution in [0.25, 0.3) is 10.9 Å². The van der Waals surface area contributed by atoms with Crippen LogP contribution in [0.15, 0.2) is 113 Å². The van der Waals surface area contributed by atoms with Crippen molar-refractivity contribution in [3.05, 3.63) is 124 Å². The lowest BCUT2D eigenvalue weighted by atomic mass is 10.1. The fourth-order valence-electron chi connectivity index (χ4n) is 4.54. The molecule has 0 amide bonds. The first kappa shape index (κ1) is 27.3. The molecular formula is C32H25BrN2O4S. The summed E-state index contributed by atoms with van der Waals surface area (Å²) in [6.07, 6.45) is 7.40. The first-order valence-corrected chi connectivity index (χ1v) is 14.7. The number of fused-ring (bicyclic) bond motifs is 1. The molecule has 0 bridgehead atoms. The fraction of sp³-hybridized carbons (Fsp3) is 0.0938. The quantitative estimate of drug-likeness (QED) is 0.181. The van der Waals surface area contributed by atoms with Gasteiger partial charge in [-0.25, -0.2) is 8.42 Å². The Balaban J connectivity index is 1.74. The molecule has 0 spiro atoms. The summed E-state index contributed by atoms with van der Waals surface area (Å²) in [5.41, 5.74) is 3.02. The molecule has 40 heavy (non-hydrogen) atoms. The van der Waals surface area contributed by atoms with Crippen molar-refractivity contribution in [2.24, 2.45) is 0 Å². The summed E-state index contributed by atoms with van der Waals surface area (Å²) < 4.78 is 37.1. The molecule has 0 aliphatic carbocycles. The van der Waals surface area contributed by atoms with Gasteiger partial charge < -0.3 is 4.74 Å². The number of carbonyl (C=O) groups is 1. The molecule has 5 aromatic rings. The summed E-state index contributed by atoms with van der Waals surface area (Å²) in [4.78, 5) is 13.7. The van der Waals surface area contributed by atoms with Gasteiger partial charge in [0.1, 0.15) is 12.4 Å². The molecule has 1 aromatic heterocycles. The summed E-state index contributed by atoms with van der Waals surface area (Å²) in [5, 5.41) is 0.648. The highest BCUT2D eigenvalue weighted by Gasteiger charge is 2.30. The number of hydrogen-bond donors (Lipinski definition) is 0. The third kappa shape index (κ3) is 5.14. The molecule has 6 nitrogen and oxygen atoms in total. The van der Waals surface area contributed by atoms with Crippen molar-refractivity contribution in [3.63, 3.8) is 0 Å². The first-order valence-electron chi connectivity index (χ1n) is 12.4. The number of aryl methyl sites for hydroxylation is 1. The van der Waals surface area contributed by atoms with Crippen LogP contribution in [0.2, 0.25) is 0 Å². The lowest BCUT2D eigenvalue weighted by Gasteiger charge is -2.25. The Morgan fingerprint density at radius 3 is 2.20 bits per heavy atom. The monoisotopic (exact) mass is 612 g/mol. The number of rotatable bonds is 8. The lowest BCUT2D eigenvalue weighted by Crippen LogP contribution is -2.31. The molecule has 0 saturated heterocycles. The van der Waals surface area contributed by atoms with E-state index in [1.807, 2.05) is 43.3 Å². The van der Waals surface area contributed by atoms with Crippen LogP contribution < -0.4 is 9.04 Å². The van der Waals surface area contributed by atoms with Crippen molar-refractivity contribution in [3.8, 4) is 18.1 Å². The van der Waals surface area contributed by atoms with E-state index in [2.05, 4.69) is 21.9 Å². The topological polar surface area (TPSA) is 68.6 Å². The standard InChI is InChI=1S/C32H25BrN2O4S/c1-3-19-35(40(37,38)26-17-11-6-12-18-26)27-20-28(39-22-24-13-7-4-8-14-24)31-29(30(27)33)23(2)21-34(31)32(36)25-15-9-5-10-16-25/h1,4-18,20-21H,19,22H2,2H3. The molecule has 0 atom stereocenters. The molecule has 0 fully saturated rings. The number of terminal acetylenes is 1. The van der Waals surface area contributed by atoms with E-state index in [9.17, 15) is 13.2 Å². The highest BCUT2D eigenvalue weighted by Crippen LogP contribution is 2.44. The van der Waals surface area contributed by atoms with E-state index < -0.39 is 10.0 Å². The van der Waals surface area contributed by atoms with Crippen molar-refractivity contribution >= 4 is 48.5 Å². The van der Waals surface area contributed by atoms with Gasteiger partial charge in [0.2, 0.25) is 0 Å². The fourth-order valence-corrected chi connectivity index (χ4v) is 6.89. The second kappa shape index (κ2) is 11.4. The van der Waals surface area contributed by atoms with Gasteiger partial charge in [0.15, 0.2) is 0 Å². The van der Waals surface area contributed by atoms with Gasteiger partial charge >= 0.3 is 0 Å². The van der Waals surface area contributed by atoms with E-state index >= 15 is 0 Å². The zero-order valence-corrected chi connectivity index (χ0v) is 24.0. The number of nitrogens with zero attached hydrogens (tertiary/aromatic N) is 2. The van der Waals surface area contributed by atoms with Crippen molar-refractivity contribution in [1.29, 1.82) is 0 Å². The van der Waals surface area contributed by atoms with Crippen molar-refractivity contribution < 1.29 is 17.9 Å². The van der Waals surface area contributed by atoms with Gasteiger partial charge in [-0.05, 0) is 58.2 Å². The molecular weight excluding hydrogens is 588 g/mol. The Labute approximate surface area is 242 Å². The second-order valence-corrected chi connectivity index (χ2v) is 11.7. The van der Waals surface area contributed by atoms with Crippen LogP contribution in [0.4, 0.5) is 5.69 Å². The normalized spacial score (nSPS) is 11.2. The van der Waals surface area contributed by atoms with Gasteiger partial charge in [0.25, 0.3) is 15.9 Å². The first-order chi connectivity index (χ1) is 19.3. The Bertz CT molecular complexity index is 1830. The van der Waals surface area contributed by atoms with E-state index in [0.29, 0.717) is 32.4 Å². The van der Waals surface area contributed by atoms with E-state index in [-0.39, 0.29) is 24.0 Å². The minimum Gasteiger partial charge on any atom is -0.487 e. The highest BCUT2D eigenvalue weighted by molar-refractivity contribution is 9.10. The lowest BCUT2D eigenvalue weighted by molar-refractivity contribution is 0.0964. The molecule has 0 saturated carbocycles. The van der Waals surface area contributed by atoms with Crippen LogP contribution in [0.3, 0.4) is 0 Å². The van der Waals surface area contributed by atoms with Crippen molar-refractivity contribution in [1.82, 2.24) is 4.57 Å². The van der Waals surface area contributed by atoms with Gasteiger partial charge in [-0.1, -0.05) is 72.7 Å². The number of aromatic nitrogens is 1. The Morgan fingerprint density at radius 2 is 1.57 bits per heavy atom. The average molecular weight is 614 g/mol. The van der Waals surface area contributed by atoms with E-state index in [4.69, 9.17) is 11.2 Å². The molecule has 0 N–H and O–H groups in total. The van der Waals surface area contributed by atoms with Crippen LogP contribution in [0.1, 0.15) is 21.5 Å². The molecule has 200 valence electrons. The number of sulfonamides is 1. The van der Waals surface area contributed by atoms with Crippen LogP contribution in [-0.4, -0.2) is 25.4 Å². The molecule has 0 unspecified atom stereocenters. The van der Waals surface area contributed by atoms with Crippen LogP contribution in [0.5, 0.6) is 5.75 Å². The maximum absolute atomic E-state index is 13.8. The molecule has 8 heteroatoms. The number of halogens is 1. The largest absolute Gasteiger partial charge is 0.487 e. The minimum atomic E-state index is -4.03. The SMILES string of the molecule is C#CCN(c1cc(OCc2ccccc2)c2c(c(C)cn2C(=O)c2ccccc2)c1Br)S(=O)(=O)c1ccccc1. The summed E-state index contributed by atoms with van der Waals surface area (Å²) in [7, 11) is -4.03. The number of hydrogen-bond acceptors (Lipinski definition) is 4. The molecule has 1 heterocycles. The molecule has 5 rings (SSSR count). The number of benzene rings is 4. The van der Waals surface area contributed by atoms with Crippen LogP contribution >= 0.6 is 15.9 Å². The van der Waals surface area contributed by atoms with Crippen molar-refractivity contribution in [2.45, 2.75) is 18.4 Å². The maximum Gasteiger partial charge on any atom is 0.265 e. The zero-order valence-electron chi connectivity index (χ0n) is 21.6. The van der Waals surface area contributed by atoms with Crippen LogP contribution in [0, 0.1) is 19.3 Å². The Hall–Kier alpha value is -4.32. The molecule has 0 aliphatic heterocycles. The van der Waals surface area contributed by atoms with Gasteiger partial charge in [-0.3, -0.25) is 13.7 Å². The average Bonchev–Trinajstić information content (AvgIpc) is 3.34. The van der Waals surface area contributed by atoms with E-state index in [1.54, 1.807) is 59.3 Å². The van der Waals surface area contributed by atoms with Crippen LogP contribution in [-0.2, 0) is 16.6 Å². The molecule has 0 radical (unpaired) electrons. The summed E-state index contributed by atoms with van der Waals surface area (Å²) in [6.45, 7) is 1.87. The predicted molar refractivity (Wildman–Crippen MR) is 161 cm³/mol.